The van der Waals surface area contributed by atoms with Crippen LogP contribution in [0.3, 0.4) is 0 Å². The number of carboxylic acids is 2. The van der Waals surface area contributed by atoms with Crippen molar-refractivity contribution in [3.8, 4) is 0 Å². The van der Waals surface area contributed by atoms with Crippen LogP contribution in [0.2, 0.25) is 0 Å². The molecule has 2 aliphatic rings. The van der Waals surface area contributed by atoms with Crippen LogP contribution in [0.1, 0.15) is 46.0 Å². The van der Waals surface area contributed by atoms with Crippen LogP contribution in [0.5, 0.6) is 0 Å². The fourth-order valence-corrected chi connectivity index (χ4v) is 4.21. The molecule has 0 N–H and O–H groups in total. The van der Waals surface area contributed by atoms with Crippen molar-refractivity contribution in [2.45, 2.75) is 46.0 Å². The van der Waals surface area contributed by atoms with Crippen molar-refractivity contribution in [1.29, 1.82) is 0 Å². The lowest BCUT2D eigenvalue weighted by atomic mass is 10.2. The number of carbonyl (C=O) groups excluding carboxylic acids is 2. The van der Waals surface area contributed by atoms with Gasteiger partial charge in [-0.1, -0.05) is 20.3 Å². The number of nitrogens with zero attached hydrogens (tertiary/aromatic N) is 2. The summed E-state index contributed by atoms with van der Waals surface area (Å²) in [6, 6.07) is 0. The fraction of sp³-hybridized carbons (Fsp3) is 0.920. The highest BCUT2D eigenvalue weighted by Crippen LogP contribution is 2.09. The van der Waals surface area contributed by atoms with Gasteiger partial charge in [0.1, 0.15) is 26.2 Å². The van der Waals surface area contributed by atoms with Crippen LogP contribution in [0.25, 0.3) is 0 Å². The number of ether oxygens (including phenoxy) is 2. The summed E-state index contributed by atoms with van der Waals surface area (Å²) in [5.41, 5.74) is 0. The zero-order valence-electron chi connectivity index (χ0n) is 23.2. The molecule has 8 nitrogen and oxygen atoms in total. The number of rotatable bonds is 11. The first kappa shape index (κ1) is 36.6. The first-order valence-electron chi connectivity index (χ1n) is 12.8. The second-order valence-corrected chi connectivity index (χ2v) is 11.4. The maximum Gasteiger partial charge on any atom is 0.102 e. The number of unbranched alkanes of at least 4 members (excludes halogenated alkanes) is 1. The van der Waals surface area contributed by atoms with Gasteiger partial charge in [0.15, 0.2) is 0 Å². The number of likely N-dealkylation sites (N-methyl/N-ethyl adjacent to an activating group) is 2. The summed E-state index contributed by atoms with van der Waals surface area (Å²) in [6.45, 7) is 15.8. The van der Waals surface area contributed by atoms with Crippen molar-refractivity contribution < 1.29 is 38.2 Å². The Morgan fingerprint density at radius 1 is 0.714 bits per heavy atom. The molecule has 2 saturated heterocycles. The minimum atomic E-state index is -0.964. The number of carboxylic acid groups (broad SMARTS) is 2. The maximum absolute atomic E-state index is 9.63. The van der Waals surface area contributed by atoms with Gasteiger partial charge in [0.25, 0.3) is 0 Å². The summed E-state index contributed by atoms with van der Waals surface area (Å²) in [5, 5.41) is 19.3. The standard InChI is InChI=1S/C9H20NO.C8H18NO.2C4H8O2S/c1-3-4-5-10(2)6-8-11-9-7-10;1-3-4-9(2)5-7-10-8-6-9;2*1-7-3-2-4(5)6/h3-9H2,1-2H3;3-8H2,1-2H3;2*2-3H2,1H3,(H,5,6)/q2*+1;;/p-2. The van der Waals surface area contributed by atoms with E-state index in [0.29, 0.717) is 11.5 Å². The molecule has 0 atom stereocenters. The Hall–Kier alpha value is -0.520. The number of carbonyl (C=O) groups is 2. The molecule has 2 heterocycles. The van der Waals surface area contributed by atoms with Gasteiger partial charge in [-0.25, -0.2) is 0 Å². The molecule has 2 aliphatic heterocycles. The highest BCUT2D eigenvalue weighted by atomic mass is 32.2. The first-order valence-corrected chi connectivity index (χ1v) is 15.6. The van der Waals surface area contributed by atoms with Crippen LogP contribution in [0.4, 0.5) is 0 Å². The number of thioether (sulfide) groups is 2. The van der Waals surface area contributed by atoms with E-state index in [2.05, 4.69) is 27.9 Å². The van der Waals surface area contributed by atoms with E-state index < -0.39 is 11.9 Å². The van der Waals surface area contributed by atoms with Gasteiger partial charge in [-0.15, -0.1) is 0 Å². The van der Waals surface area contributed by atoms with Gasteiger partial charge in [0.05, 0.1) is 53.6 Å². The zero-order valence-corrected chi connectivity index (χ0v) is 24.8. The average Bonchev–Trinajstić information content (AvgIpc) is 2.82. The predicted octanol–water partition coefficient (Wildman–Crippen LogP) is 1.12. The third-order valence-corrected chi connectivity index (χ3v) is 7.16. The van der Waals surface area contributed by atoms with E-state index in [9.17, 15) is 19.8 Å². The van der Waals surface area contributed by atoms with Crippen molar-refractivity contribution in [2.75, 3.05) is 104 Å². The number of hydrogen-bond acceptors (Lipinski definition) is 8. The quantitative estimate of drug-likeness (QED) is 0.360. The van der Waals surface area contributed by atoms with E-state index in [1.165, 1.54) is 91.0 Å². The Morgan fingerprint density at radius 2 is 1.09 bits per heavy atom. The third kappa shape index (κ3) is 24.9. The monoisotopic (exact) mass is 540 g/mol. The van der Waals surface area contributed by atoms with Gasteiger partial charge in [-0.2, -0.15) is 23.5 Å². The lowest BCUT2D eigenvalue weighted by Gasteiger charge is -2.37. The van der Waals surface area contributed by atoms with Crippen LogP contribution in [-0.2, 0) is 19.1 Å². The highest BCUT2D eigenvalue weighted by Gasteiger charge is 2.24. The van der Waals surface area contributed by atoms with Crippen molar-refractivity contribution in [1.82, 2.24) is 0 Å². The number of hydrogen-bond donors (Lipinski definition) is 0. The van der Waals surface area contributed by atoms with Crippen molar-refractivity contribution in [2.24, 2.45) is 0 Å². The van der Waals surface area contributed by atoms with Crippen molar-refractivity contribution in [3.63, 3.8) is 0 Å². The molecular formula is C25H52N2O6S2. The number of morpholine rings is 2. The van der Waals surface area contributed by atoms with E-state index >= 15 is 0 Å². The Bertz CT molecular complexity index is 491. The van der Waals surface area contributed by atoms with Crippen molar-refractivity contribution in [3.05, 3.63) is 0 Å². The number of aliphatic carboxylic acids is 2. The van der Waals surface area contributed by atoms with Crippen LogP contribution >= 0.6 is 23.5 Å². The molecule has 0 unspecified atom stereocenters. The minimum absolute atomic E-state index is 0.168. The molecule has 0 aromatic rings. The maximum atomic E-state index is 9.63. The first-order chi connectivity index (χ1) is 16.6. The van der Waals surface area contributed by atoms with E-state index in [0.717, 1.165) is 26.4 Å². The van der Waals surface area contributed by atoms with Crippen LogP contribution in [-0.4, -0.2) is 125 Å². The molecule has 0 aromatic carbocycles. The fourth-order valence-electron chi connectivity index (χ4n) is 3.47. The molecule has 2 fully saturated rings. The van der Waals surface area contributed by atoms with Gasteiger partial charge in [0, 0.05) is 11.9 Å². The van der Waals surface area contributed by atoms with Crippen molar-refractivity contribution >= 4 is 35.5 Å². The summed E-state index contributed by atoms with van der Waals surface area (Å²) >= 11 is 3.02. The molecule has 2 rings (SSSR count). The summed E-state index contributed by atoms with van der Waals surface area (Å²) in [6.07, 6.45) is 8.02. The molecule has 0 saturated carbocycles. The second kappa shape index (κ2) is 23.9. The highest BCUT2D eigenvalue weighted by molar-refractivity contribution is 7.98. The third-order valence-electron chi connectivity index (χ3n) is 5.94. The SMILES string of the molecule is CCCC[N+]1(C)CCOCC1.CCC[N+]1(C)CCOCC1.CSCCC(=O)[O-].CSCCC(=O)[O-]. The molecule has 210 valence electrons. The Kier molecular flexibility index (Phi) is 25.0. The average molecular weight is 541 g/mol. The molecule has 0 radical (unpaired) electrons. The molecule has 10 heteroatoms. The van der Waals surface area contributed by atoms with E-state index in [1.807, 2.05) is 12.5 Å². The Morgan fingerprint density at radius 3 is 1.34 bits per heavy atom. The Labute approximate surface area is 223 Å². The number of quaternary nitrogens is 2. The molecule has 35 heavy (non-hydrogen) atoms. The predicted molar refractivity (Wildman–Crippen MR) is 144 cm³/mol. The van der Waals surface area contributed by atoms with Crippen LogP contribution < -0.4 is 10.2 Å². The summed E-state index contributed by atoms with van der Waals surface area (Å²) in [7, 11) is 4.67. The zero-order chi connectivity index (χ0) is 27.0. The normalized spacial score (nSPS) is 17.9. The molecule has 0 amide bonds. The lowest BCUT2D eigenvalue weighted by Crippen LogP contribution is -2.52. The van der Waals surface area contributed by atoms with Gasteiger partial charge in [0.2, 0.25) is 0 Å². The van der Waals surface area contributed by atoms with Gasteiger partial charge in [-0.3, -0.25) is 0 Å². The summed E-state index contributed by atoms with van der Waals surface area (Å²) < 4.78 is 13.1. The summed E-state index contributed by atoms with van der Waals surface area (Å²) in [5.74, 6) is -0.617. The van der Waals surface area contributed by atoms with E-state index in [1.54, 1.807) is 0 Å². The smallest absolute Gasteiger partial charge is 0.102 e. The van der Waals surface area contributed by atoms with E-state index in [4.69, 9.17) is 9.47 Å². The molecule has 0 bridgehead atoms. The topological polar surface area (TPSA) is 98.7 Å². The minimum Gasteiger partial charge on any atom is -0.550 e. The lowest BCUT2D eigenvalue weighted by molar-refractivity contribution is -0.917. The molecule has 0 aliphatic carbocycles. The van der Waals surface area contributed by atoms with Crippen LogP contribution in [0, 0.1) is 0 Å². The van der Waals surface area contributed by atoms with Gasteiger partial charge >= 0.3 is 0 Å². The second-order valence-electron chi connectivity index (χ2n) is 9.39. The molecule has 0 aromatic heterocycles. The largest absolute Gasteiger partial charge is 0.550 e. The molecule has 0 spiro atoms. The van der Waals surface area contributed by atoms with Gasteiger partial charge in [-0.05, 0) is 49.7 Å². The molecular weight excluding hydrogens is 488 g/mol. The van der Waals surface area contributed by atoms with Gasteiger partial charge < -0.3 is 38.2 Å². The van der Waals surface area contributed by atoms with Crippen LogP contribution in [0.15, 0.2) is 0 Å². The Balaban J connectivity index is 0. The summed E-state index contributed by atoms with van der Waals surface area (Å²) in [4.78, 5) is 19.3. The van der Waals surface area contributed by atoms with E-state index in [-0.39, 0.29) is 12.8 Å².